The van der Waals surface area contributed by atoms with E-state index in [1.807, 2.05) is 36.2 Å². The Morgan fingerprint density at radius 3 is 0.931 bits per heavy atom. The molecule has 10 heteroatoms. The zero-order valence-corrected chi connectivity index (χ0v) is 25.7. The van der Waals surface area contributed by atoms with Crippen LogP contribution in [0.1, 0.15) is 62.3 Å². The van der Waals surface area contributed by atoms with Crippen LogP contribution in [-0.4, -0.2) is 65.1 Å². The molecule has 0 aliphatic heterocycles. The van der Waals surface area contributed by atoms with E-state index in [-0.39, 0.29) is 12.1 Å². The second kappa shape index (κ2) is 9.19. The first-order valence-corrected chi connectivity index (χ1v) is 21.2. The van der Waals surface area contributed by atoms with Crippen LogP contribution in [0, 0.1) is 0 Å². The molecule has 0 rings (SSSR count). The van der Waals surface area contributed by atoms with Crippen molar-refractivity contribution in [1.29, 1.82) is 0 Å². The lowest BCUT2D eigenvalue weighted by Gasteiger charge is -2.60. The minimum atomic E-state index is -5.13. The van der Waals surface area contributed by atoms with Crippen LogP contribution < -0.4 is 0 Å². The van der Waals surface area contributed by atoms with Gasteiger partial charge in [-0.3, -0.25) is 20.8 Å². The van der Waals surface area contributed by atoms with Gasteiger partial charge in [-0.15, -0.1) is 0 Å². The topological polar surface area (TPSA) is 9.72 Å². The summed E-state index contributed by atoms with van der Waals surface area (Å²) < 4.78 is 55.5. The fourth-order valence-electron chi connectivity index (χ4n) is 4.60. The van der Waals surface area contributed by atoms with Crippen molar-refractivity contribution >= 4 is 34.3 Å². The third-order valence-corrected chi connectivity index (χ3v) is 22.8. The predicted octanol–water partition coefficient (Wildman–Crippen LogP) is 6.87. The largest absolute Gasteiger partial charge is 0.510 e. The van der Waals surface area contributed by atoms with Crippen LogP contribution in [0.15, 0.2) is 0 Å². The molecular formula is C19H48F3N3Si4. The highest BCUT2D eigenvalue weighted by atomic mass is 28.5. The van der Waals surface area contributed by atoms with Gasteiger partial charge in [-0.1, -0.05) is 102 Å². The number of nitrogens with zero attached hydrogens (tertiary/aromatic N) is 3. The van der Waals surface area contributed by atoms with Crippen molar-refractivity contribution in [2.45, 2.75) is 125 Å². The molecule has 0 unspecified atom stereocenters. The van der Waals surface area contributed by atoms with Gasteiger partial charge >= 0.3 is 17.8 Å². The summed E-state index contributed by atoms with van der Waals surface area (Å²) in [6.45, 7) is 28.6. The van der Waals surface area contributed by atoms with E-state index in [1.54, 1.807) is 34.6 Å². The van der Waals surface area contributed by atoms with Crippen molar-refractivity contribution in [2.24, 2.45) is 0 Å². The van der Waals surface area contributed by atoms with Crippen LogP contribution in [0.25, 0.3) is 0 Å². The van der Waals surface area contributed by atoms with Crippen molar-refractivity contribution < 1.29 is 12.3 Å². The summed E-state index contributed by atoms with van der Waals surface area (Å²) in [4.78, 5) is 0. The second-order valence-corrected chi connectivity index (χ2v) is 28.7. The maximum absolute atomic E-state index is 18.1. The van der Waals surface area contributed by atoms with Crippen molar-refractivity contribution in [2.75, 3.05) is 0 Å². The maximum atomic E-state index is 18.1. The zero-order chi connectivity index (χ0) is 24.0. The van der Waals surface area contributed by atoms with E-state index >= 15 is 12.3 Å². The Morgan fingerprint density at radius 2 is 0.793 bits per heavy atom. The van der Waals surface area contributed by atoms with E-state index in [0.717, 1.165) is 4.23 Å². The molecule has 0 amide bonds. The molecule has 0 atom stereocenters. The first-order chi connectivity index (χ1) is 12.4. The summed E-state index contributed by atoms with van der Waals surface area (Å²) in [5.41, 5.74) is 0. The number of rotatable bonds is 9. The van der Waals surface area contributed by atoms with Gasteiger partial charge in [0.2, 0.25) is 0 Å². The highest BCUT2D eigenvalue weighted by molar-refractivity contribution is 6.96. The van der Waals surface area contributed by atoms with Crippen molar-refractivity contribution in [3.05, 3.63) is 0 Å². The number of hydrogen-bond donors (Lipinski definition) is 0. The molecule has 176 valence electrons. The highest BCUT2D eigenvalue weighted by Crippen LogP contribution is 2.47. The number of halogens is 3. The van der Waals surface area contributed by atoms with Crippen LogP contribution in [-0.2, 0) is 0 Å². The Bertz CT molecular complexity index is 512. The van der Waals surface area contributed by atoms with E-state index in [1.165, 1.54) is 0 Å². The minimum Gasteiger partial charge on any atom is -0.294 e. The minimum absolute atomic E-state index is 0.137. The lowest BCUT2D eigenvalue weighted by molar-refractivity contribution is 0.233. The summed E-state index contributed by atoms with van der Waals surface area (Å²) in [5.74, 6) is 0. The summed E-state index contributed by atoms with van der Waals surface area (Å²) in [6.07, 6.45) is 0. The maximum Gasteiger partial charge on any atom is 0.510 e. The van der Waals surface area contributed by atoms with Gasteiger partial charge in [0.15, 0.2) is 0 Å². The molecule has 0 fully saturated rings. The average molecular weight is 488 g/mol. The normalized spacial score (nSPS) is 15.7. The molecule has 0 N–H and O–H groups in total. The molecule has 0 aliphatic rings. The highest BCUT2D eigenvalue weighted by Gasteiger charge is 2.71. The lowest BCUT2D eigenvalue weighted by atomic mass is 10.3. The van der Waals surface area contributed by atoms with Crippen molar-refractivity contribution in [3.63, 3.8) is 0 Å². The van der Waals surface area contributed by atoms with Crippen LogP contribution in [0.3, 0.4) is 0 Å². The van der Waals surface area contributed by atoms with E-state index < -0.39 is 45.3 Å². The van der Waals surface area contributed by atoms with Crippen molar-refractivity contribution in [3.8, 4) is 0 Å². The molecular weight excluding hydrogens is 440 g/mol. The van der Waals surface area contributed by atoms with E-state index in [4.69, 9.17) is 0 Å². The average Bonchev–Trinajstić information content (AvgIpc) is 2.29. The van der Waals surface area contributed by atoms with Gasteiger partial charge in [-0.2, -0.15) is 0 Å². The van der Waals surface area contributed by atoms with Crippen LogP contribution >= 0.6 is 0 Å². The molecule has 0 heterocycles. The van der Waals surface area contributed by atoms with Gasteiger partial charge in [0.25, 0.3) is 0 Å². The molecule has 0 saturated carbocycles. The van der Waals surface area contributed by atoms with Crippen LogP contribution in [0.2, 0.25) is 44.3 Å². The van der Waals surface area contributed by atoms with Gasteiger partial charge < -0.3 is 0 Å². The summed E-state index contributed by atoms with van der Waals surface area (Å²) in [6, 6.07) is -0.841. The molecule has 29 heavy (non-hydrogen) atoms. The second-order valence-electron chi connectivity index (χ2n) is 12.1. The zero-order valence-electron chi connectivity index (χ0n) is 21.7. The first kappa shape index (κ1) is 29.5. The Balaban J connectivity index is 7.44. The Morgan fingerprint density at radius 1 is 0.552 bits per heavy atom. The van der Waals surface area contributed by atoms with Gasteiger partial charge in [-0.25, -0.2) is 4.23 Å². The Hall–Kier alpha value is 0.538. The molecule has 0 aliphatic carbocycles. The molecule has 3 nitrogen and oxygen atoms in total. The predicted molar refractivity (Wildman–Crippen MR) is 132 cm³/mol. The monoisotopic (exact) mass is 487 g/mol. The molecule has 0 saturated heterocycles. The summed E-state index contributed by atoms with van der Waals surface area (Å²) in [7, 11) is -14.1. The van der Waals surface area contributed by atoms with Crippen molar-refractivity contribution in [1.82, 2.24) is 12.7 Å². The fraction of sp³-hybridized carbons (Fsp3) is 1.00. The van der Waals surface area contributed by atoms with E-state index in [9.17, 15) is 0 Å². The fourth-order valence-corrected chi connectivity index (χ4v) is 23.8. The SMILES string of the molecule is CC(C)N([Si](C)(C)C)[Si](F)(N(C(C)C)[Si](C)(C)C)N(C(C)C)[Si](F)(F)C(C)(C)C. The Labute approximate surface area is 184 Å². The van der Waals surface area contributed by atoms with Crippen LogP contribution in [0.5, 0.6) is 0 Å². The quantitative estimate of drug-likeness (QED) is 0.259. The molecule has 0 aromatic rings. The molecule has 0 aromatic heterocycles. The smallest absolute Gasteiger partial charge is 0.294 e. The van der Waals surface area contributed by atoms with E-state index in [0.29, 0.717) is 0 Å². The third-order valence-electron chi connectivity index (χ3n) is 5.12. The molecule has 0 bridgehead atoms. The van der Waals surface area contributed by atoms with E-state index in [2.05, 4.69) is 39.3 Å². The van der Waals surface area contributed by atoms with Gasteiger partial charge in [-0.05, 0) is 12.1 Å². The standard InChI is InChI=1S/C19H48F3N3Si4/c1-16(2)23(26(10,11)12)29(22,24(17(3)4)27(13,14)15)25(18(5)6)28(20,21)19(7,8)9/h16-18H,1-15H3. The molecule has 0 radical (unpaired) electrons. The first-order valence-electron chi connectivity index (χ1n) is 10.9. The van der Waals surface area contributed by atoms with Gasteiger partial charge in [0.1, 0.15) is 16.5 Å². The Kier molecular flexibility index (Phi) is 9.36. The number of hydrogen-bond acceptors (Lipinski definition) is 3. The summed E-state index contributed by atoms with van der Waals surface area (Å²) in [5, 5.41) is -1.24. The van der Waals surface area contributed by atoms with Crippen LogP contribution in [0.4, 0.5) is 12.3 Å². The lowest BCUT2D eigenvalue weighted by Crippen LogP contribution is -2.87. The van der Waals surface area contributed by atoms with Gasteiger partial charge in [0, 0.05) is 11.1 Å². The molecule has 0 aromatic carbocycles. The molecule has 0 spiro atoms. The third kappa shape index (κ3) is 6.07. The summed E-state index contributed by atoms with van der Waals surface area (Å²) >= 11 is 0. The van der Waals surface area contributed by atoms with Gasteiger partial charge in [0.05, 0.1) is 0 Å².